The number of rotatable bonds is 7. The minimum absolute atomic E-state index is 0.0341. The van der Waals surface area contributed by atoms with Crippen LogP contribution >= 0.6 is 0 Å². The lowest BCUT2D eigenvalue weighted by Crippen LogP contribution is -2.46. The third kappa shape index (κ3) is 5.48. The van der Waals surface area contributed by atoms with Gasteiger partial charge in [0.05, 0.1) is 40.3 Å². The topological polar surface area (TPSA) is 77.1 Å². The first-order valence-electron chi connectivity index (χ1n) is 9.52. The number of hydrogen-bond acceptors (Lipinski definition) is 5. The molecule has 1 aliphatic rings. The van der Waals surface area contributed by atoms with Gasteiger partial charge >= 0.3 is 0 Å². The predicted octanol–water partition coefficient (Wildman–Crippen LogP) is 1.96. The van der Waals surface area contributed by atoms with Crippen LogP contribution in [0.3, 0.4) is 0 Å². The molecule has 0 saturated carbocycles. The summed E-state index contributed by atoms with van der Waals surface area (Å²) in [5.41, 5.74) is 1.82. The Hall–Kier alpha value is -3.06. The summed E-state index contributed by atoms with van der Waals surface area (Å²) in [6.07, 6.45) is 0.0139. The lowest BCUT2D eigenvalue weighted by molar-refractivity contribution is -0.139. The second kappa shape index (κ2) is 9.93. The largest absolute Gasteiger partial charge is 0.493 e. The summed E-state index contributed by atoms with van der Waals surface area (Å²) >= 11 is 0. The Kier molecular flexibility index (Phi) is 7.08. The average molecular weight is 398 g/mol. The zero-order valence-corrected chi connectivity index (χ0v) is 16.7. The fraction of sp³-hybridized carbons (Fsp3) is 0.364. The molecule has 1 atom stereocenters. The summed E-state index contributed by atoms with van der Waals surface area (Å²) in [6, 6.07) is 15.1. The number of carbonyl (C=O) groups excluding carboxylic acids is 2. The lowest BCUT2D eigenvalue weighted by atomic mass is 10.1. The van der Waals surface area contributed by atoms with E-state index in [1.165, 1.54) is 0 Å². The van der Waals surface area contributed by atoms with Gasteiger partial charge in [-0.25, -0.2) is 0 Å². The maximum Gasteiger partial charge on any atom is 0.242 e. The first kappa shape index (κ1) is 20.7. The van der Waals surface area contributed by atoms with Gasteiger partial charge in [0.2, 0.25) is 11.8 Å². The molecule has 2 amide bonds. The molecule has 0 aromatic heterocycles. The highest BCUT2D eigenvalue weighted by Crippen LogP contribution is 2.27. The van der Waals surface area contributed by atoms with Crippen molar-refractivity contribution in [2.24, 2.45) is 0 Å². The van der Waals surface area contributed by atoms with Gasteiger partial charge in [0.1, 0.15) is 6.10 Å². The SMILES string of the molecule is COc1ccc(CC(=O)NCC(=O)N2CCO[C@@H](c3ccccc3)C2)cc1OC. The quantitative estimate of drug-likeness (QED) is 0.772. The Morgan fingerprint density at radius 1 is 1.10 bits per heavy atom. The number of amides is 2. The number of carbonyl (C=O) groups is 2. The number of morpholine rings is 1. The molecule has 0 bridgehead atoms. The number of hydrogen-bond donors (Lipinski definition) is 1. The summed E-state index contributed by atoms with van der Waals surface area (Å²) in [6.45, 7) is 1.45. The molecule has 0 unspecified atom stereocenters. The van der Waals surface area contributed by atoms with Crippen LogP contribution in [0.4, 0.5) is 0 Å². The van der Waals surface area contributed by atoms with Crippen LogP contribution in [0.25, 0.3) is 0 Å². The molecular formula is C22H26N2O5. The van der Waals surface area contributed by atoms with Gasteiger partial charge in [-0.15, -0.1) is 0 Å². The van der Waals surface area contributed by atoms with E-state index in [0.717, 1.165) is 11.1 Å². The molecule has 7 heteroatoms. The second-order valence-corrected chi connectivity index (χ2v) is 6.75. The van der Waals surface area contributed by atoms with Crippen LogP contribution in [0, 0.1) is 0 Å². The monoisotopic (exact) mass is 398 g/mol. The summed E-state index contributed by atoms with van der Waals surface area (Å²) in [7, 11) is 3.11. The van der Waals surface area contributed by atoms with Crippen molar-refractivity contribution in [1.82, 2.24) is 10.2 Å². The van der Waals surface area contributed by atoms with Crippen molar-refractivity contribution >= 4 is 11.8 Å². The van der Waals surface area contributed by atoms with Crippen LogP contribution < -0.4 is 14.8 Å². The number of methoxy groups -OCH3 is 2. The maximum absolute atomic E-state index is 12.5. The van der Waals surface area contributed by atoms with Crippen LogP contribution in [0.15, 0.2) is 48.5 Å². The molecule has 7 nitrogen and oxygen atoms in total. The normalized spacial score (nSPS) is 16.2. The van der Waals surface area contributed by atoms with Crippen LogP contribution in [0.5, 0.6) is 11.5 Å². The van der Waals surface area contributed by atoms with E-state index in [4.69, 9.17) is 14.2 Å². The molecule has 2 aromatic rings. The predicted molar refractivity (Wildman–Crippen MR) is 108 cm³/mol. The molecule has 1 fully saturated rings. The lowest BCUT2D eigenvalue weighted by Gasteiger charge is -2.33. The first-order valence-corrected chi connectivity index (χ1v) is 9.52. The standard InChI is InChI=1S/C22H26N2O5/c1-27-18-9-8-16(12-19(18)28-2)13-21(25)23-14-22(26)24-10-11-29-20(15-24)17-6-4-3-5-7-17/h3-9,12,20H,10-11,13-15H2,1-2H3,(H,23,25)/t20-/m1/s1. The molecule has 29 heavy (non-hydrogen) atoms. The van der Waals surface area contributed by atoms with Gasteiger partial charge in [-0.05, 0) is 23.3 Å². The summed E-state index contributed by atoms with van der Waals surface area (Å²) in [5, 5.41) is 2.71. The van der Waals surface area contributed by atoms with Crippen molar-refractivity contribution in [1.29, 1.82) is 0 Å². The van der Waals surface area contributed by atoms with E-state index in [9.17, 15) is 9.59 Å². The first-order chi connectivity index (χ1) is 14.1. The minimum atomic E-state index is -0.224. The van der Waals surface area contributed by atoms with Gasteiger partial charge in [0.15, 0.2) is 11.5 Å². The van der Waals surface area contributed by atoms with E-state index >= 15 is 0 Å². The molecule has 3 rings (SSSR count). The van der Waals surface area contributed by atoms with E-state index in [-0.39, 0.29) is 30.9 Å². The van der Waals surface area contributed by atoms with E-state index in [1.54, 1.807) is 37.3 Å². The Morgan fingerprint density at radius 3 is 2.59 bits per heavy atom. The highest BCUT2D eigenvalue weighted by atomic mass is 16.5. The van der Waals surface area contributed by atoms with Gasteiger partial charge in [-0.2, -0.15) is 0 Å². The smallest absolute Gasteiger partial charge is 0.242 e. The summed E-state index contributed by atoms with van der Waals surface area (Å²) < 4.78 is 16.2. The van der Waals surface area contributed by atoms with Crippen molar-refractivity contribution in [3.05, 3.63) is 59.7 Å². The highest BCUT2D eigenvalue weighted by Gasteiger charge is 2.25. The molecule has 1 aliphatic heterocycles. The molecule has 1 N–H and O–H groups in total. The second-order valence-electron chi connectivity index (χ2n) is 6.75. The number of nitrogens with one attached hydrogen (secondary N) is 1. The number of benzene rings is 2. The zero-order valence-electron chi connectivity index (χ0n) is 16.7. The highest BCUT2D eigenvalue weighted by molar-refractivity contribution is 5.86. The van der Waals surface area contributed by atoms with Gasteiger partial charge in [0, 0.05) is 6.54 Å². The molecule has 154 valence electrons. The van der Waals surface area contributed by atoms with Crippen LogP contribution in [-0.2, 0) is 20.7 Å². The van der Waals surface area contributed by atoms with E-state index in [2.05, 4.69) is 5.32 Å². The third-order valence-corrected chi connectivity index (χ3v) is 4.84. The van der Waals surface area contributed by atoms with Crippen molar-refractivity contribution in [2.75, 3.05) is 40.5 Å². The summed E-state index contributed by atoms with van der Waals surface area (Å²) in [4.78, 5) is 26.5. The molecule has 1 heterocycles. The van der Waals surface area contributed by atoms with Crippen molar-refractivity contribution in [3.8, 4) is 11.5 Å². The molecular weight excluding hydrogens is 372 g/mol. The van der Waals surface area contributed by atoms with Gasteiger partial charge in [-0.1, -0.05) is 36.4 Å². The van der Waals surface area contributed by atoms with Crippen LogP contribution in [0.1, 0.15) is 17.2 Å². The van der Waals surface area contributed by atoms with Crippen molar-refractivity contribution < 1.29 is 23.8 Å². The molecule has 0 radical (unpaired) electrons. The van der Waals surface area contributed by atoms with Gasteiger partial charge < -0.3 is 24.4 Å². The number of nitrogens with zero attached hydrogens (tertiary/aromatic N) is 1. The van der Waals surface area contributed by atoms with E-state index in [1.807, 2.05) is 30.3 Å². The molecule has 0 aliphatic carbocycles. The molecule has 2 aromatic carbocycles. The fourth-order valence-corrected chi connectivity index (χ4v) is 3.27. The van der Waals surface area contributed by atoms with E-state index in [0.29, 0.717) is 31.2 Å². The Morgan fingerprint density at radius 2 is 1.86 bits per heavy atom. The average Bonchev–Trinajstić information content (AvgIpc) is 2.78. The summed E-state index contributed by atoms with van der Waals surface area (Å²) in [5.74, 6) is 0.828. The van der Waals surface area contributed by atoms with Crippen LogP contribution in [-0.4, -0.2) is 57.2 Å². The molecule has 0 spiro atoms. The Bertz CT molecular complexity index is 840. The van der Waals surface area contributed by atoms with E-state index < -0.39 is 0 Å². The Balaban J connectivity index is 1.50. The molecule has 1 saturated heterocycles. The van der Waals surface area contributed by atoms with Crippen molar-refractivity contribution in [3.63, 3.8) is 0 Å². The maximum atomic E-state index is 12.5. The fourth-order valence-electron chi connectivity index (χ4n) is 3.27. The Labute approximate surface area is 170 Å². The van der Waals surface area contributed by atoms with Crippen LogP contribution in [0.2, 0.25) is 0 Å². The number of ether oxygens (including phenoxy) is 3. The zero-order chi connectivity index (χ0) is 20.6. The van der Waals surface area contributed by atoms with Crippen molar-refractivity contribution in [2.45, 2.75) is 12.5 Å². The van der Waals surface area contributed by atoms with Gasteiger partial charge in [-0.3, -0.25) is 9.59 Å². The third-order valence-electron chi connectivity index (χ3n) is 4.84. The van der Waals surface area contributed by atoms with Gasteiger partial charge in [0.25, 0.3) is 0 Å². The minimum Gasteiger partial charge on any atom is -0.493 e.